The Hall–Kier alpha value is -2.65. The highest BCUT2D eigenvalue weighted by Crippen LogP contribution is 2.26. The van der Waals surface area contributed by atoms with Gasteiger partial charge in [-0.1, -0.05) is 46.4 Å². The molecule has 0 bridgehead atoms. The minimum atomic E-state index is -0.324. The van der Waals surface area contributed by atoms with Crippen LogP contribution in [0.4, 0.5) is 5.13 Å². The van der Waals surface area contributed by atoms with Crippen LogP contribution in [-0.4, -0.2) is 44.2 Å². The van der Waals surface area contributed by atoms with Gasteiger partial charge in [-0.15, -0.1) is 15.3 Å². The van der Waals surface area contributed by atoms with Gasteiger partial charge in [-0.05, 0) is 38.8 Å². The standard InChI is InChI=1S/C18H21N7OS/c1-12-4-6-14(7-5-12)17-22-23-18(27-17)20-16(26)15-11-25(24-21-15)10-13-3-2-8-19-9-13/h4-7,11,13,19H,2-3,8-10H2,1H3,(H,20,23,26). The number of anilines is 1. The summed E-state index contributed by atoms with van der Waals surface area (Å²) in [6.07, 6.45) is 4.03. The van der Waals surface area contributed by atoms with E-state index in [0.29, 0.717) is 11.0 Å². The maximum Gasteiger partial charge on any atom is 0.279 e. The van der Waals surface area contributed by atoms with Crippen molar-refractivity contribution in [3.63, 3.8) is 0 Å². The number of nitrogens with zero attached hydrogens (tertiary/aromatic N) is 5. The highest BCUT2D eigenvalue weighted by Gasteiger charge is 2.17. The van der Waals surface area contributed by atoms with E-state index in [-0.39, 0.29) is 11.6 Å². The first-order chi connectivity index (χ1) is 13.2. The van der Waals surface area contributed by atoms with E-state index in [4.69, 9.17) is 0 Å². The lowest BCUT2D eigenvalue weighted by Gasteiger charge is -2.22. The van der Waals surface area contributed by atoms with E-state index in [1.807, 2.05) is 31.2 Å². The van der Waals surface area contributed by atoms with Gasteiger partial charge in [0.05, 0.1) is 6.20 Å². The van der Waals surface area contributed by atoms with Gasteiger partial charge in [0.2, 0.25) is 5.13 Å². The summed E-state index contributed by atoms with van der Waals surface area (Å²) in [6, 6.07) is 8.03. The maximum atomic E-state index is 12.4. The molecule has 3 heterocycles. The summed E-state index contributed by atoms with van der Waals surface area (Å²) in [4.78, 5) is 12.4. The molecule has 1 atom stereocenters. The molecule has 9 heteroatoms. The zero-order valence-corrected chi connectivity index (χ0v) is 15.9. The third-order valence-corrected chi connectivity index (χ3v) is 5.45. The van der Waals surface area contributed by atoms with E-state index in [1.54, 1.807) is 10.9 Å². The number of nitrogens with one attached hydrogen (secondary N) is 2. The van der Waals surface area contributed by atoms with E-state index in [1.165, 1.54) is 29.7 Å². The second-order valence-electron chi connectivity index (χ2n) is 6.77. The highest BCUT2D eigenvalue weighted by atomic mass is 32.1. The summed E-state index contributed by atoms with van der Waals surface area (Å²) < 4.78 is 1.74. The lowest BCUT2D eigenvalue weighted by atomic mass is 10.00. The van der Waals surface area contributed by atoms with Crippen molar-refractivity contribution >= 4 is 22.4 Å². The molecule has 1 fully saturated rings. The number of amides is 1. The smallest absolute Gasteiger partial charge is 0.279 e. The molecule has 1 aliphatic heterocycles. The van der Waals surface area contributed by atoms with E-state index < -0.39 is 0 Å². The van der Waals surface area contributed by atoms with Crippen molar-refractivity contribution in [1.82, 2.24) is 30.5 Å². The number of aryl methyl sites for hydroxylation is 1. The lowest BCUT2D eigenvalue weighted by Crippen LogP contribution is -2.32. The Kier molecular flexibility index (Phi) is 5.21. The molecule has 1 aliphatic rings. The highest BCUT2D eigenvalue weighted by molar-refractivity contribution is 7.18. The molecule has 3 aromatic rings. The number of hydrogen-bond donors (Lipinski definition) is 2. The predicted octanol–water partition coefficient (Wildman–Crippen LogP) is 2.36. The molecule has 2 N–H and O–H groups in total. The molecule has 1 saturated heterocycles. The quantitative estimate of drug-likeness (QED) is 0.702. The first kappa shape index (κ1) is 17.7. The minimum Gasteiger partial charge on any atom is -0.316 e. The van der Waals surface area contributed by atoms with E-state index in [9.17, 15) is 4.79 Å². The van der Waals surface area contributed by atoms with E-state index in [2.05, 4.69) is 31.1 Å². The normalized spacial score (nSPS) is 17.0. The van der Waals surface area contributed by atoms with E-state index in [0.717, 1.165) is 30.2 Å². The topological polar surface area (TPSA) is 97.6 Å². The average molecular weight is 383 g/mol. The van der Waals surface area contributed by atoms with Gasteiger partial charge in [0.15, 0.2) is 5.69 Å². The zero-order chi connectivity index (χ0) is 18.6. The Morgan fingerprint density at radius 3 is 2.93 bits per heavy atom. The Balaban J connectivity index is 1.38. The Morgan fingerprint density at radius 2 is 2.15 bits per heavy atom. The van der Waals surface area contributed by atoms with Crippen LogP contribution in [0.15, 0.2) is 30.5 Å². The van der Waals surface area contributed by atoms with Crippen LogP contribution >= 0.6 is 11.3 Å². The molecule has 0 aliphatic carbocycles. The minimum absolute atomic E-state index is 0.283. The second-order valence-corrected chi connectivity index (χ2v) is 7.75. The fourth-order valence-corrected chi connectivity index (χ4v) is 3.83. The van der Waals surface area contributed by atoms with Gasteiger partial charge < -0.3 is 5.32 Å². The van der Waals surface area contributed by atoms with Crippen LogP contribution in [0.1, 0.15) is 28.9 Å². The Morgan fingerprint density at radius 1 is 1.30 bits per heavy atom. The van der Waals surface area contributed by atoms with Crippen molar-refractivity contribution in [1.29, 1.82) is 0 Å². The molecule has 27 heavy (non-hydrogen) atoms. The van der Waals surface area contributed by atoms with Crippen molar-refractivity contribution in [2.75, 3.05) is 18.4 Å². The molecule has 0 radical (unpaired) electrons. The number of carbonyl (C=O) groups is 1. The summed E-state index contributed by atoms with van der Waals surface area (Å²) in [7, 11) is 0. The first-order valence-electron chi connectivity index (χ1n) is 9.00. The summed E-state index contributed by atoms with van der Waals surface area (Å²) in [5, 5.41) is 23.6. The fraction of sp³-hybridized carbons (Fsp3) is 0.389. The van der Waals surface area contributed by atoms with Gasteiger partial charge in [-0.2, -0.15) is 0 Å². The summed E-state index contributed by atoms with van der Waals surface area (Å²) >= 11 is 1.33. The second kappa shape index (κ2) is 7.93. The molecule has 1 amide bonds. The average Bonchev–Trinajstić information content (AvgIpc) is 3.33. The van der Waals surface area contributed by atoms with Crippen LogP contribution in [0.2, 0.25) is 0 Å². The van der Waals surface area contributed by atoms with Crippen LogP contribution in [-0.2, 0) is 6.54 Å². The summed E-state index contributed by atoms with van der Waals surface area (Å²) in [5.41, 5.74) is 2.44. The monoisotopic (exact) mass is 383 g/mol. The molecule has 0 spiro atoms. The third kappa shape index (κ3) is 4.37. The lowest BCUT2D eigenvalue weighted by molar-refractivity contribution is 0.102. The van der Waals surface area contributed by atoms with Crippen LogP contribution in [0, 0.1) is 12.8 Å². The van der Waals surface area contributed by atoms with Crippen LogP contribution in [0.25, 0.3) is 10.6 Å². The van der Waals surface area contributed by atoms with E-state index >= 15 is 0 Å². The first-order valence-corrected chi connectivity index (χ1v) is 9.82. The molecule has 8 nitrogen and oxygen atoms in total. The maximum absolute atomic E-state index is 12.4. The molecule has 0 saturated carbocycles. The van der Waals surface area contributed by atoms with Crippen molar-refractivity contribution in [2.24, 2.45) is 5.92 Å². The fourth-order valence-electron chi connectivity index (χ4n) is 3.08. The van der Waals surface area contributed by atoms with Gasteiger partial charge >= 0.3 is 0 Å². The van der Waals surface area contributed by atoms with Gasteiger partial charge in [-0.3, -0.25) is 14.8 Å². The summed E-state index contributed by atoms with van der Waals surface area (Å²) in [5.74, 6) is 0.200. The van der Waals surface area contributed by atoms with Crippen molar-refractivity contribution < 1.29 is 4.79 Å². The Bertz CT molecular complexity index is 912. The van der Waals surface area contributed by atoms with Gasteiger partial charge in [0, 0.05) is 12.1 Å². The van der Waals surface area contributed by atoms with Crippen molar-refractivity contribution in [3.05, 3.63) is 41.7 Å². The molecule has 1 unspecified atom stereocenters. The zero-order valence-electron chi connectivity index (χ0n) is 15.1. The van der Waals surface area contributed by atoms with Crippen molar-refractivity contribution in [2.45, 2.75) is 26.3 Å². The van der Waals surface area contributed by atoms with Crippen LogP contribution < -0.4 is 10.6 Å². The van der Waals surface area contributed by atoms with Crippen molar-refractivity contribution in [3.8, 4) is 10.6 Å². The number of piperidine rings is 1. The largest absolute Gasteiger partial charge is 0.316 e. The Labute approximate surface area is 161 Å². The molecule has 2 aromatic heterocycles. The predicted molar refractivity (Wildman–Crippen MR) is 104 cm³/mol. The molecule has 1 aromatic carbocycles. The number of benzene rings is 1. The SMILES string of the molecule is Cc1ccc(-c2nnc(NC(=O)c3cn(CC4CCCNC4)nn3)s2)cc1. The van der Waals surface area contributed by atoms with Gasteiger partial charge in [-0.25, -0.2) is 0 Å². The van der Waals surface area contributed by atoms with Crippen LogP contribution in [0.5, 0.6) is 0 Å². The van der Waals surface area contributed by atoms with Gasteiger partial charge in [0.25, 0.3) is 5.91 Å². The third-order valence-electron chi connectivity index (χ3n) is 4.56. The molecular weight excluding hydrogens is 362 g/mol. The molecule has 140 valence electrons. The number of aromatic nitrogens is 5. The number of hydrogen-bond acceptors (Lipinski definition) is 7. The van der Waals surface area contributed by atoms with Crippen LogP contribution in [0.3, 0.4) is 0 Å². The molecule has 4 rings (SSSR count). The number of carbonyl (C=O) groups excluding carboxylic acids is 1. The van der Waals surface area contributed by atoms with Gasteiger partial charge in [0.1, 0.15) is 5.01 Å². The molecular formula is C18H21N7OS. The summed E-state index contributed by atoms with van der Waals surface area (Å²) in [6.45, 7) is 4.86. The number of rotatable bonds is 5.